The predicted molar refractivity (Wildman–Crippen MR) is 103 cm³/mol. The maximum absolute atomic E-state index is 12.2. The van der Waals surface area contributed by atoms with Gasteiger partial charge in [0.2, 0.25) is 0 Å². The Balaban J connectivity index is 1.63. The fourth-order valence-corrected chi connectivity index (χ4v) is 2.41. The number of carbonyl (C=O) groups is 2. The SMILES string of the molecule is CC(=O)c1ccc(Nc2ccc(NC(=O)c3ccc(Cl)cc3)cn2)cc1. The van der Waals surface area contributed by atoms with Gasteiger partial charge in [0.05, 0.1) is 11.9 Å². The second-order valence-corrected chi connectivity index (χ2v) is 6.09. The zero-order chi connectivity index (χ0) is 18.5. The van der Waals surface area contributed by atoms with Crippen LogP contribution in [0.3, 0.4) is 0 Å². The van der Waals surface area contributed by atoms with Gasteiger partial charge in [0.1, 0.15) is 5.82 Å². The van der Waals surface area contributed by atoms with Crippen molar-refractivity contribution in [2.24, 2.45) is 0 Å². The van der Waals surface area contributed by atoms with E-state index in [1.807, 2.05) is 12.1 Å². The number of nitrogens with zero attached hydrogens (tertiary/aromatic N) is 1. The molecule has 2 N–H and O–H groups in total. The van der Waals surface area contributed by atoms with Crippen molar-refractivity contribution in [3.8, 4) is 0 Å². The van der Waals surface area contributed by atoms with E-state index in [9.17, 15) is 9.59 Å². The van der Waals surface area contributed by atoms with Gasteiger partial charge in [-0.1, -0.05) is 11.6 Å². The number of carbonyl (C=O) groups excluding carboxylic acids is 2. The van der Waals surface area contributed by atoms with Crippen LogP contribution in [0.2, 0.25) is 5.02 Å². The lowest BCUT2D eigenvalue weighted by Gasteiger charge is -2.08. The monoisotopic (exact) mass is 365 g/mol. The Morgan fingerprint density at radius 1 is 0.846 bits per heavy atom. The van der Waals surface area contributed by atoms with E-state index < -0.39 is 0 Å². The first kappa shape index (κ1) is 17.6. The van der Waals surface area contributed by atoms with Crippen molar-refractivity contribution in [3.05, 3.63) is 83.0 Å². The Morgan fingerprint density at radius 3 is 2.04 bits per heavy atom. The molecule has 0 unspecified atom stereocenters. The summed E-state index contributed by atoms with van der Waals surface area (Å²) in [5.74, 6) is 0.421. The molecule has 0 saturated heterocycles. The molecule has 0 aliphatic carbocycles. The highest BCUT2D eigenvalue weighted by Gasteiger charge is 2.06. The summed E-state index contributed by atoms with van der Waals surface area (Å²) in [6, 6.07) is 17.3. The van der Waals surface area contributed by atoms with Gasteiger partial charge in [-0.25, -0.2) is 4.98 Å². The molecule has 0 radical (unpaired) electrons. The number of aromatic nitrogens is 1. The number of pyridine rings is 1. The number of halogens is 1. The molecule has 130 valence electrons. The number of hydrogen-bond donors (Lipinski definition) is 2. The average molecular weight is 366 g/mol. The molecule has 1 amide bonds. The van der Waals surface area contributed by atoms with E-state index in [1.165, 1.54) is 6.92 Å². The third-order valence-corrected chi connectivity index (χ3v) is 3.94. The van der Waals surface area contributed by atoms with Crippen molar-refractivity contribution >= 4 is 40.5 Å². The summed E-state index contributed by atoms with van der Waals surface area (Å²) in [7, 11) is 0. The quantitative estimate of drug-likeness (QED) is 0.628. The number of anilines is 3. The van der Waals surface area contributed by atoms with Gasteiger partial charge in [-0.15, -0.1) is 0 Å². The van der Waals surface area contributed by atoms with Crippen LogP contribution >= 0.6 is 11.6 Å². The van der Waals surface area contributed by atoms with E-state index in [4.69, 9.17) is 11.6 Å². The van der Waals surface area contributed by atoms with E-state index >= 15 is 0 Å². The summed E-state index contributed by atoms with van der Waals surface area (Å²) in [4.78, 5) is 27.7. The van der Waals surface area contributed by atoms with Gasteiger partial charge in [-0.2, -0.15) is 0 Å². The van der Waals surface area contributed by atoms with Crippen LogP contribution in [0.15, 0.2) is 66.9 Å². The lowest BCUT2D eigenvalue weighted by Crippen LogP contribution is -2.11. The molecule has 1 heterocycles. The largest absolute Gasteiger partial charge is 0.340 e. The molecule has 5 nitrogen and oxygen atoms in total. The first-order valence-corrected chi connectivity index (χ1v) is 8.30. The van der Waals surface area contributed by atoms with Gasteiger partial charge in [-0.05, 0) is 67.6 Å². The lowest BCUT2D eigenvalue weighted by atomic mass is 10.1. The molecule has 6 heteroatoms. The third-order valence-electron chi connectivity index (χ3n) is 3.69. The number of hydrogen-bond acceptors (Lipinski definition) is 4. The van der Waals surface area contributed by atoms with Gasteiger partial charge >= 0.3 is 0 Å². The minimum atomic E-state index is -0.232. The number of ketones is 1. The lowest BCUT2D eigenvalue weighted by molar-refractivity contribution is 0.101. The molecule has 0 aliphatic heterocycles. The second kappa shape index (κ2) is 7.80. The molecule has 2 aromatic carbocycles. The highest BCUT2D eigenvalue weighted by Crippen LogP contribution is 2.18. The third kappa shape index (κ3) is 4.46. The van der Waals surface area contributed by atoms with Crippen molar-refractivity contribution < 1.29 is 9.59 Å². The van der Waals surface area contributed by atoms with Crippen molar-refractivity contribution in [3.63, 3.8) is 0 Å². The van der Waals surface area contributed by atoms with Crippen LogP contribution in [0, 0.1) is 0 Å². The molecule has 0 bridgehead atoms. The summed E-state index contributed by atoms with van der Waals surface area (Å²) in [6.45, 7) is 1.53. The molecule has 0 saturated carbocycles. The second-order valence-electron chi connectivity index (χ2n) is 5.65. The van der Waals surface area contributed by atoms with Crippen LogP contribution in [-0.4, -0.2) is 16.7 Å². The predicted octanol–water partition coefficient (Wildman–Crippen LogP) is 4.93. The van der Waals surface area contributed by atoms with Crippen molar-refractivity contribution in [1.29, 1.82) is 0 Å². The van der Waals surface area contributed by atoms with Gasteiger partial charge in [-0.3, -0.25) is 9.59 Å². The molecule has 3 rings (SSSR count). The van der Waals surface area contributed by atoms with Crippen molar-refractivity contribution in [2.75, 3.05) is 10.6 Å². The number of nitrogens with one attached hydrogen (secondary N) is 2. The van der Waals surface area contributed by atoms with Gasteiger partial charge in [0, 0.05) is 21.8 Å². The maximum atomic E-state index is 12.2. The van der Waals surface area contributed by atoms with Crippen LogP contribution in [0.5, 0.6) is 0 Å². The highest BCUT2D eigenvalue weighted by molar-refractivity contribution is 6.30. The Morgan fingerprint density at radius 2 is 1.46 bits per heavy atom. The summed E-state index contributed by atoms with van der Waals surface area (Å²) < 4.78 is 0. The minimum Gasteiger partial charge on any atom is -0.340 e. The van der Waals surface area contributed by atoms with E-state index in [-0.39, 0.29) is 11.7 Å². The zero-order valence-electron chi connectivity index (χ0n) is 14.0. The summed E-state index contributed by atoms with van der Waals surface area (Å²) in [6.07, 6.45) is 1.57. The molecule has 1 aromatic heterocycles. The van der Waals surface area contributed by atoms with Crippen LogP contribution in [-0.2, 0) is 0 Å². The standard InChI is InChI=1S/C20H16ClN3O2/c1-13(25)14-4-8-17(9-5-14)23-19-11-10-18(12-22-19)24-20(26)15-2-6-16(21)7-3-15/h2-12H,1H3,(H,22,23)(H,24,26). The smallest absolute Gasteiger partial charge is 0.255 e. The fourth-order valence-electron chi connectivity index (χ4n) is 2.28. The number of benzene rings is 2. The van der Waals surface area contributed by atoms with E-state index in [0.717, 1.165) is 5.69 Å². The van der Waals surface area contributed by atoms with Crippen LogP contribution in [0.4, 0.5) is 17.2 Å². The van der Waals surface area contributed by atoms with Gasteiger partial charge < -0.3 is 10.6 Å². The van der Waals surface area contributed by atoms with E-state index in [2.05, 4.69) is 15.6 Å². The summed E-state index contributed by atoms with van der Waals surface area (Å²) in [5, 5.41) is 6.50. The first-order chi connectivity index (χ1) is 12.5. The first-order valence-electron chi connectivity index (χ1n) is 7.92. The molecule has 0 atom stereocenters. The molecule has 0 fully saturated rings. The van der Waals surface area contributed by atoms with Gasteiger partial charge in [0.15, 0.2) is 5.78 Å². The molecular weight excluding hydrogens is 350 g/mol. The van der Waals surface area contributed by atoms with E-state index in [0.29, 0.717) is 27.7 Å². The maximum Gasteiger partial charge on any atom is 0.255 e. The summed E-state index contributed by atoms with van der Waals surface area (Å²) in [5.41, 5.74) is 2.58. The average Bonchev–Trinajstić information content (AvgIpc) is 2.64. The fraction of sp³-hybridized carbons (Fsp3) is 0.0500. The van der Waals surface area contributed by atoms with Crippen LogP contribution < -0.4 is 10.6 Å². The number of rotatable bonds is 5. The van der Waals surface area contributed by atoms with Gasteiger partial charge in [0.25, 0.3) is 5.91 Å². The number of Topliss-reactive ketones (excluding diaryl/α,β-unsaturated/α-hetero) is 1. The minimum absolute atomic E-state index is 0.0236. The highest BCUT2D eigenvalue weighted by atomic mass is 35.5. The van der Waals surface area contributed by atoms with Crippen molar-refractivity contribution in [1.82, 2.24) is 4.98 Å². The molecule has 0 aliphatic rings. The Hall–Kier alpha value is -3.18. The molecular formula is C20H16ClN3O2. The van der Waals surface area contributed by atoms with Crippen LogP contribution in [0.1, 0.15) is 27.6 Å². The van der Waals surface area contributed by atoms with Crippen molar-refractivity contribution in [2.45, 2.75) is 6.92 Å². The number of amides is 1. The molecule has 3 aromatic rings. The Bertz CT molecular complexity index is 921. The molecule has 26 heavy (non-hydrogen) atoms. The topological polar surface area (TPSA) is 71.1 Å². The zero-order valence-corrected chi connectivity index (χ0v) is 14.7. The van der Waals surface area contributed by atoms with Crippen LogP contribution in [0.25, 0.3) is 0 Å². The normalized spacial score (nSPS) is 10.2. The van der Waals surface area contributed by atoms with E-state index in [1.54, 1.807) is 54.7 Å². The Labute approximate surface area is 156 Å². The summed E-state index contributed by atoms with van der Waals surface area (Å²) >= 11 is 5.82. The molecule has 0 spiro atoms. The Kier molecular flexibility index (Phi) is 5.29.